The van der Waals surface area contributed by atoms with Crippen LogP contribution in [0.4, 0.5) is 0 Å². The number of nitriles is 1. The van der Waals surface area contributed by atoms with Crippen molar-refractivity contribution in [3.8, 4) is 6.07 Å². The van der Waals surface area contributed by atoms with Gasteiger partial charge < -0.3 is 9.64 Å². The van der Waals surface area contributed by atoms with E-state index in [0.717, 1.165) is 65.1 Å². The predicted octanol–water partition coefficient (Wildman–Crippen LogP) is 1.25. The highest BCUT2D eigenvalue weighted by molar-refractivity contribution is 5.86. The molecule has 2 saturated heterocycles. The van der Waals surface area contributed by atoms with E-state index >= 15 is 0 Å². The molecule has 0 radical (unpaired) electrons. The molecule has 5 nitrogen and oxygen atoms in total. The maximum absolute atomic E-state index is 12.7. The lowest BCUT2D eigenvalue weighted by atomic mass is 9.69. The van der Waals surface area contributed by atoms with Crippen molar-refractivity contribution in [3.63, 3.8) is 0 Å². The van der Waals surface area contributed by atoms with Crippen molar-refractivity contribution in [1.82, 2.24) is 9.80 Å². The normalized spacial score (nSPS) is 32.5. The van der Waals surface area contributed by atoms with E-state index < -0.39 is 5.41 Å². The molecule has 0 spiro atoms. The number of hydrogen-bond acceptors (Lipinski definition) is 4. The highest BCUT2D eigenvalue weighted by atomic mass is 16.5. The summed E-state index contributed by atoms with van der Waals surface area (Å²) in [7, 11) is 0. The number of hydrogen-bond donors (Lipinski definition) is 0. The average molecular weight is 291 g/mol. The Morgan fingerprint density at radius 2 is 2.05 bits per heavy atom. The molecule has 2 atom stereocenters. The number of amides is 1. The van der Waals surface area contributed by atoms with Crippen LogP contribution in [0.1, 0.15) is 32.6 Å². The number of carbonyl (C=O) groups is 1. The van der Waals surface area contributed by atoms with Crippen LogP contribution in [0.5, 0.6) is 0 Å². The van der Waals surface area contributed by atoms with Crippen molar-refractivity contribution in [1.29, 1.82) is 5.26 Å². The first-order valence-corrected chi connectivity index (χ1v) is 8.22. The van der Waals surface area contributed by atoms with Crippen LogP contribution >= 0.6 is 0 Å². The van der Waals surface area contributed by atoms with Crippen molar-refractivity contribution < 1.29 is 9.53 Å². The topological polar surface area (TPSA) is 56.6 Å². The largest absolute Gasteiger partial charge is 0.379 e. The summed E-state index contributed by atoms with van der Waals surface area (Å²) in [5, 5.41) is 9.38. The van der Waals surface area contributed by atoms with Crippen LogP contribution in [-0.4, -0.2) is 61.1 Å². The third-order valence-corrected chi connectivity index (χ3v) is 5.56. The summed E-state index contributed by atoms with van der Waals surface area (Å²) >= 11 is 0. The fourth-order valence-corrected chi connectivity index (χ4v) is 3.95. The Hall–Kier alpha value is -1.12. The number of nitrogens with zero attached hydrogens (tertiary/aromatic N) is 3. The summed E-state index contributed by atoms with van der Waals surface area (Å²) in [6.07, 6.45) is 3.60. The highest BCUT2D eigenvalue weighted by Gasteiger charge is 2.49. The van der Waals surface area contributed by atoms with Gasteiger partial charge in [0.15, 0.2) is 0 Å². The molecular weight excluding hydrogens is 266 g/mol. The van der Waals surface area contributed by atoms with Gasteiger partial charge in [0.1, 0.15) is 5.41 Å². The van der Waals surface area contributed by atoms with Crippen LogP contribution in [0, 0.1) is 22.7 Å². The van der Waals surface area contributed by atoms with Crippen LogP contribution in [0.3, 0.4) is 0 Å². The monoisotopic (exact) mass is 291 g/mol. The molecule has 3 fully saturated rings. The van der Waals surface area contributed by atoms with Crippen LogP contribution in [-0.2, 0) is 9.53 Å². The van der Waals surface area contributed by atoms with Crippen LogP contribution in [0.2, 0.25) is 0 Å². The molecule has 0 N–H and O–H groups in total. The molecule has 0 aromatic carbocycles. The zero-order valence-electron chi connectivity index (χ0n) is 12.9. The van der Waals surface area contributed by atoms with Crippen molar-refractivity contribution in [2.75, 3.05) is 39.4 Å². The molecule has 116 valence electrons. The second-order valence-corrected chi connectivity index (χ2v) is 6.64. The van der Waals surface area contributed by atoms with Gasteiger partial charge in [-0.2, -0.15) is 5.26 Å². The molecule has 5 heteroatoms. The zero-order valence-corrected chi connectivity index (χ0v) is 12.9. The molecule has 1 saturated carbocycles. The zero-order chi connectivity index (χ0) is 14.9. The number of likely N-dealkylation sites (tertiary alicyclic amines) is 1. The van der Waals surface area contributed by atoms with E-state index in [1.54, 1.807) is 0 Å². The van der Waals surface area contributed by atoms with Gasteiger partial charge in [-0.05, 0) is 25.2 Å². The van der Waals surface area contributed by atoms with E-state index in [1.165, 1.54) is 0 Å². The second-order valence-electron chi connectivity index (χ2n) is 6.64. The maximum Gasteiger partial charge on any atom is 0.243 e. The van der Waals surface area contributed by atoms with Crippen LogP contribution in [0.25, 0.3) is 0 Å². The van der Waals surface area contributed by atoms with E-state index in [0.29, 0.717) is 12.0 Å². The van der Waals surface area contributed by atoms with Gasteiger partial charge in [0, 0.05) is 32.2 Å². The smallest absolute Gasteiger partial charge is 0.243 e. The molecule has 0 aromatic heterocycles. The maximum atomic E-state index is 12.7. The summed E-state index contributed by atoms with van der Waals surface area (Å²) < 4.78 is 5.44. The minimum absolute atomic E-state index is 0.0884. The molecule has 3 aliphatic rings. The van der Waals surface area contributed by atoms with Gasteiger partial charge in [0.2, 0.25) is 5.91 Å². The summed E-state index contributed by atoms with van der Waals surface area (Å²) in [5.41, 5.74) is -0.696. The quantitative estimate of drug-likeness (QED) is 0.785. The molecule has 1 amide bonds. The molecule has 0 bridgehead atoms. The van der Waals surface area contributed by atoms with E-state index in [4.69, 9.17) is 4.74 Å². The highest BCUT2D eigenvalue weighted by Crippen LogP contribution is 2.43. The number of rotatable bonds is 3. The molecule has 0 unspecified atom stereocenters. The minimum Gasteiger partial charge on any atom is -0.379 e. The molecular formula is C16H25N3O2. The van der Waals surface area contributed by atoms with Gasteiger partial charge in [0.05, 0.1) is 19.3 Å². The summed E-state index contributed by atoms with van der Waals surface area (Å²) in [5.74, 6) is 0.619. The summed E-state index contributed by atoms with van der Waals surface area (Å²) in [4.78, 5) is 17.2. The Labute approximate surface area is 126 Å². The van der Waals surface area contributed by atoms with E-state index in [1.807, 2.05) is 4.90 Å². The molecule has 0 aromatic rings. The first-order valence-electron chi connectivity index (χ1n) is 8.22. The van der Waals surface area contributed by atoms with Crippen molar-refractivity contribution in [2.24, 2.45) is 11.3 Å². The molecule has 21 heavy (non-hydrogen) atoms. The van der Waals surface area contributed by atoms with E-state index in [2.05, 4.69) is 17.9 Å². The Morgan fingerprint density at radius 1 is 1.33 bits per heavy atom. The van der Waals surface area contributed by atoms with Gasteiger partial charge in [-0.1, -0.05) is 13.3 Å². The fourth-order valence-electron chi connectivity index (χ4n) is 3.95. The van der Waals surface area contributed by atoms with E-state index in [9.17, 15) is 10.1 Å². The van der Waals surface area contributed by atoms with Gasteiger partial charge in [0.25, 0.3) is 0 Å². The Kier molecular flexibility index (Phi) is 4.19. The van der Waals surface area contributed by atoms with Crippen LogP contribution in [0.15, 0.2) is 0 Å². The minimum atomic E-state index is -0.696. The first kappa shape index (κ1) is 14.8. The van der Waals surface area contributed by atoms with Crippen molar-refractivity contribution in [3.05, 3.63) is 0 Å². The Morgan fingerprint density at radius 3 is 2.57 bits per heavy atom. The summed E-state index contributed by atoms with van der Waals surface area (Å²) in [6.45, 7) is 7.34. The van der Waals surface area contributed by atoms with Gasteiger partial charge >= 0.3 is 0 Å². The lowest BCUT2D eigenvalue weighted by Gasteiger charge is -2.37. The standard InChI is InChI=1S/C16H25N3O2/c1-2-13-10-19(15(20)16(12-17)4-3-5-16)11-14(13)18-6-8-21-9-7-18/h13-14H,2-11H2,1H3/t13-,14-/m0/s1. The van der Waals surface area contributed by atoms with Crippen molar-refractivity contribution in [2.45, 2.75) is 38.6 Å². The molecule has 1 aliphatic carbocycles. The fraction of sp³-hybridized carbons (Fsp3) is 0.875. The summed E-state index contributed by atoms with van der Waals surface area (Å²) in [6, 6.07) is 2.74. The van der Waals surface area contributed by atoms with Crippen molar-refractivity contribution >= 4 is 5.91 Å². The lowest BCUT2D eigenvalue weighted by molar-refractivity contribution is -0.142. The van der Waals surface area contributed by atoms with Gasteiger partial charge in [-0.25, -0.2) is 0 Å². The Balaban J connectivity index is 1.69. The third-order valence-electron chi connectivity index (χ3n) is 5.56. The number of ether oxygens (including phenoxy) is 1. The van der Waals surface area contributed by atoms with Crippen LogP contribution < -0.4 is 0 Å². The SMILES string of the molecule is CC[C@H]1CN(C(=O)C2(C#N)CCC2)C[C@@H]1N1CCOCC1. The second kappa shape index (κ2) is 5.94. The lowest BCUT2D eigenvalue weighted by Crippen LogP contribution is -2.49. The number of carbonyl (C=O) groups excluding carboxylic acids is 1. The predicted molar refractivity (Wildman–Crippen MR) is 78.4 cm³/mol. The van der Waals surface area contributed by atoms with Gasteiger partial charge in [-0.15, -0.1) is 0 Å². The third kappa shape index (κ3) is 2.56. The molecule has 2 heterocycles. The van der Waals surface area contributed by atoms with Gasteiger partial charge in [-0.3, -0.25) is 9.69 Å². The molecule has 3 rings (SSSR count). The Bertz CT molecular complexity index is 435. The molecule has 2 aliphatic heterocycles. The van der Waals surface area contributed by atoms with E-state index in [-0.39, 0.29) is 5.91 Å². The first-order chi connectivity index (χ1) is 10.2. The number of morpholine rings is 1. The average Bonchev–Trinajstić information content (AvgIpc) is 2.91.